The highest BCUT2D eigenvalue weighted by atomic mass is 35.5. The van der Waals surface area contributed by atoms with E-state index >= 15 is 0 Å². The Labute approximate surface area is 181 Å². The Balaban J connectivity index is 2.04. The van der Waals surface area contributed by atoms with Crippen LogP contribution in [-0.4, -0.2) is 23.4 Å². The SMILES string of the molecule is CCOC(=O)c1c(NC(=O)c2ccc(Cl)c([N+](=O)[O-])c2)sc(C)c1-c1ccccc1. The molecule has 0 aliphatic heterocycles. The van der Waals surface area contributed by atoms with Gasteiger partial charge in [0, 0.05) is 22.1 Å². The summed E-state index contributed by atoms with van der Waals surface area (Å²) in [4.78, 5) is 36.7. The first kappa shape index (κ1) is 21.5. The Morgan fingerprint density at radius 1 is 1.20 bits per heavy atom. The minimum atomic E-state index is -0.661. The number of carbonyl (C=O) groups excluding carboxylic acids is 2. The third-order valence-electron chi connectivity index (χ3n) is 4.26. The molecule has 0 unspecified atom stereocenters. The first-order valence-electron chi connectivity index (χ1n) is 8.94. The molecule has 1 aromatic heterocycles. The molecule has 3 rings (SSSR count). The summed E-state index contributed by atoms with van der Waals surface area (Å²) in [5.74, 6) is -1.15. The van der Waals surface area contributed by atoms with Crippen LogP contribution in [0.15, 0.2) is 48.5 Å². The van der Waals surface area contributed by atoms with Gasteiger partial charge in [0.1, 0.15) is 15.6 Å². The summed E-state index contributed by atoms with van der Waals surface area (Å²) >= 11 is 7.05. The normalized spacial score (nSPS) is 10.5. The van der Waals surface area contributed by atoms with Gasteiger partial charge in [-0.3, -0.25) is 14.9 Å². The Kier molecular flexibility index (Phi) is 6.49. The van der Waals surface area contributed by atoms with Crippen LogP contribution in [0.4, 0.5) is 10.7 Å². The van der Waals surface area contributed by atoms with Gasteiger partial charge in [0.15, 0.2) is 0 Å². The van der Waals surface area contributed by atoms with Gasteiger partial charge in [-0.05, 0) is 31.5 Å². The number of nitro benzene ring substituents is 1. The molecule has 0 spiro atoms. The quantitative estimate of drug-likeness (QED) is 0.298. The van der Waals surface area contributed by atoms with Gasteiger partial charge < -0.3 is 10.1 Å². The first-order valence-corrected chi connectivity index (χ1v) is 10.1. The first-order chi connectivity index (χ1) is 14.3. The summed E-state index contributed by atoms with van der Waals surface area (Å²) in [6.45, 7) is 3.72. The molecule has 0 aliphatic carbocycles. The molecule has 0 atom stereocenters. The highest BCUT2D eigenvalue weighted by Crippen LogP contribution is 2.40. The monoisotopic (exact) mass is 444 g/mol. The molecule has 2 aromatic carbocycles. The van der Waals surface area contributed by atoms with Gasteiger partial charge in [0.05, 0.1) is 11.5 Å². The molecular weight excluding hydrogens is 428 g/mol. The van der Waals surface area contributed by atoms with Crippen LogP contribution in [0.1, 0.15) is 32.5 Å². The van der Waals surface area contributed by atoms with E-state index in [1.165, 1.54) is 23.5 Å². The van der Waals surface area contributed by atoms with Crippen LogP contribution >= 0.6 is 22.9 Å². The second-order valence-electron chi connectivity index (χ2n) is 6.20. The zero-order valence-corrected chi connectivity index (χ0v) is 17.7. The maximum atomic E-state index is 12.8. The second kappa shape index (κ2) is 9.06. The lowest BCUT2D eigenvalue weighted by Crippen LogP contribution is -2.15. The van der Waals surface area contributed by atoms with Gasteiger partial charge in [-0.15, -0.1) is 11.3 Å². The molecule has 0 aliphatic rings. The van der Waals surface area contributed by atoms with Gasteiger partial charge in [0.2, 0.25) is 0 Å². The largest absolute Gasteiger partial charge is 0.462 e. The molecule has 154 valence electrons. The number of nitrogens with one attached hydrogen (secondary N) is 1. The minimum Gasteiger partial charge on any atom is -0.462 e. The molecule has 1 heterocycles. The Morgan fingerprint density at radius 3 is 2.53 bits per heavy atom. The molecule has 30 heavy (non-hydrogen) atoms. The van der Waals surface area contributed by atoms with Crippen LogP contribution in [0.2, 0.25) is 5.02 Å². The zero-order chi connectivity index (χ0) is 21.8. The van der Waals surface area contributed by atoms with Crippen molar-refractivity contribution in [3.63, 3.8) is 0 Å². The van der Waals surface area contributed by atoms with E-state index in [-0.39, 0.29) is 28.4 Å². The molecule has 3 aromatic rings. The van der Waals surface area contributed by atoms with Crippen molar-refractivity contribution in [3.8, 4) is 11.1 Å². The number of hydrogen-bond donors (Lipinski definition) is 1. The van der Waals surface area contributed by atoms with Crippen LogP contribution in [0.25, 0.3) is 11.1 Å². The molecule has 1 N–H and O–H groups in total. The number of hydrogen-bond acceptors (Lipinski definition) is 6. The van der Waals surface area contributed by atoms with E-state index in [9.17, 15) is 19.7 Å². The van der Waals surface area contributed by atoms with Gasteiger partial charge in [-0.25, -0.2) is 4.79 Å². The number of anilines is 1. The van der Waals surface area contributed by atoms with E-state index in [0.29, 0.717) is 10.6 Å². The standard InChI is InChI=1S/C21H17ClN2O5S/c1-3-29-21(26)18-17(13-7-5-4-6-8-13)12(2)30-20(18)23-19(25)14-9-10-15(22)16(11-14)24(27)28/h4-11H,3H2,1-2H3,(H,23,25). The molecule has 0 radical (unpaired) electrons. The van der Waals surface area contributed by atoms with Crippen LogP contribution in [0, 0.1) is 17.0 Å². The average molecular weight is 445 g/mol. The molecule has 0 fully saturated rings. The number of amides is 1. The fourth-order valence-electron chi connectivity index (χ4n) is 2.95. The van der Waals surface area contributed by atoms with E-state index in [4.69, 9.17) is 16.3 Å². The number of esters is 1. The number of rotatable bonds is 6. The fourth-order valence-corrected chi connectivity index (χ4v) is 4.20. The van der Waals surface area contributed by atoms with Crippen molar-refractivity contribution < 1.29 is 19.2 Å². The molecule has 0 saturated carbocycles. The molecule has 0 saturated heterocycles. The van der Waals surface area contributed by atoms with Crippen molar-refractivity contribution in [1.29, 1.82) is 0 Å². The Hall–Kier alpha value is -3.23. The number of nitrogens with zero attached hydrogens (tertiary/aromatic N) is 1. The van der Waals surface area contributed by atoms with Gasteiger partial charge >= 0.3 is 5.97 Å². The molecule has 1 amide bonds. The van der Waals surface area contributed by atoms with Crippen molar-refractivity contribution in [2.45, 2.75) is 13.8 Å². The summed E-state index contributed by atoms with van der Waals surface area (Å²) in [6.07, 6.45) is 0. The molecule has 0 bridgehead atoms. The minimum absolute atomic E-state index is 0.0493. The number of thiophene rings is 1. The van der Waals surface area contributed by atoms with Crippen LogP contribution in [0.3, 0.4) is 0 Å². The average Bonchev–Trinajstić information content (AvgIpc) is 3.04. The summed E-state index contributed by atoms with van der Waals surface area (Å²) in [6, 6.07) is 13.1. The van der Waals surface area contributed by atoms with Crippen LogP contribution in [0.5, 0.6) is 0 Å². The zero-order valence-electron chi connectivity index (χ0n) is 16.1. The predicted molar refractivity (Wildman–Crippen MR) is 117 cm³/mol. The third-order valence-corrected chi connectivity index (χ3v) is 5.60. The lowest BCUT2D eigenvalue weighted by atomic mass is 10.0. The van der Waals surface area contributed by atoms with E-state index in [1.807, 2.05) is 37.3 Å². The van der Waals surface area contributed by atoms with E-state index < -0.39 is 16.8 Å². The third kappa shape index (κ3) is 4.34. The maximum absolute atomic E-state index is 12.8. The highest BCUT2D eigenvalue weighted by Gasteiger charge is 2.26. The smallest absolute Gasteiger partial charge is 0.341 e. The Morgan fingerprint density at radius 2 is 1.90 bits per heavy atom. The van der Waals surface area contributed by atoms with Crippen LogP contribution < -0.4 is 5.32 Å². The summed E-state index contributed by atoms with van der Waals surface area (Å²) in [7, 11) is 0. The molecule has 9 heteroatoms. The van der Waals surface area contributed by atoms with Gasteiger partial charge in [0.25, 0.3) is 11.6 Å². The Bertz CT molecular complexity index is 1130. The van der Waals surface area contributed by atoms with E-state index in [1.54, 1.807) is 6.92 Å². The summed E-state index contributed by atoms with van der Waals surface area (Å²) < 4.78 is 5.21. The van der Waals surface area contributed by atoms with Crippen molar-refractivity contribution in [1.82, 2.24) is 0 Å². The number of benzene rings is 2. The van der Waals surface area contributed by atoms with Crippen molar-refractivity contribution in [2.24, 2.45) is 0 Å². The van der Waals surface area contributed by atoms with E-state index in [2.05, 4.69) is 5.32 Å². The second-order valence-corrected chi connectivity index (χ2v) is 7.83. The summed E-state index contributed by atoms with van der Waals surface area (Å²) in [5, 5.41) is 14.0. The fraction of sp³-hybridized carbons (Fsp3) is 0.143. The number of carbonyl (C=O) groups is 2. The topological polar surface area (TPSA) is 98.5 Å². The van der Waals surface area contributed by atoms with Gasteiger partial charge in [-0.2, -0.15) is 0 Å². The highest BCUT2D eigenvalue weighted by molar-refractivity contribution is 7.17. The molecular formula is C21H17ClN2O5S. The van der Waals surface area contributed by atoms with Crippen molar-refractivity contribution in [2.75, 3.05) is 11.9 Å². The summed E-state index contributed by atoms with van der Waals surface area (Å²) in [5.41, 5.74) is 1.42. The van der Waals surface area contributed by atoms with Crippen molar-refractivity contribution >= 4 is 45.5 Å². The van der Waals surface area contributed by atoms with Crippen LogP contribution in [-0.2, 0) is 4.74 Å². The number of nitro groups is 1. The van der Waals surface area contributed by atoms with Crippen molar-refractivity contribution in [3.05, 3.63) is 79.7 Å². The predicted octanol–water partition coefficient (Wildman–Crippen LogP) is 5.71. The number of ether oxygens (including phenoxy) is 1. The maximum Gasteiger partial charge on any atom is 0.341 e. The number of aryl methyl sites for hydroxylation is 1. The molecule has 7 nitrogen and oxygen atoms in total. The van der Waals surface area contributed by atoms with Gasteiger partial charge in [-0.1, -0.05) is 41.9 Å². The van der Waals surface area contributed by atoms with E-state index in [0.717, 1.165) is 16.5 Å². The lowest BCUT2D eigenvalue weighted by Gasteiger charge is -2.09. The number of halogens is 1. The lowest BCUT2D eigenvalue weighted by molar-refractivity contribution is -0.384.